The van der Waals surface area contributed by atoms with Crippen molar-refractivity contribution in [3.05, 3.63) is 84.2 Å². The highest BCUT2D eigenvalue weighted by atomic mass is 32.2. The van der Waals surface area contributed by atoms with E-state index in [-0.39, 0.29) is 23.3 Å². The van der Waals surface area contributed by atoms with E-state index in [9.17, 15) is 13.2 Å². The van der Waals surface area contributed by atoms with Crippen LogP contribution in [0.5, 0.6) is 0 Å². The van der Waals surface area contributed by atoms with Crippen molar-refractivity contribution < 1.29 is 13.2 Å². The number of nitrogens with one attached hydrogen (secondary N) is 1. The van der Waals surface area contributed by atoms with E-state index >= 15 is 0 Å². The number of carbonyl (C=O) groups is 1. The van der Waals surface area contributed by atoms with Gasteiger partial charge < -0.3 is 9.88 Å². The molecule has 0 unspecified atom stereocenters. The number of carbonyl (C=O) groups excluding carboxylic acids is 1. The van der Waals surface area contributed by atoms with E-state index in [0.717, 1.165) is 11.3 Å². The predicted octanol–water partition coefficient (Wildman–Crippen LogP) is 4.34. The molecule has 1 amide bonds. The standard InChI is InChI=1S/C24H29N3O3S/c1-19(2)16-27(31(29,30)24-13-11-22(12-14-24)25-20(3)28)18-23-10-7-15-26(23)17-21-8-5-4-6-9-21/h4-15,19H,16-18H2,1-3H3,(H,25,28). The van der Waals surface area contributed by atoms with Gasteiger partial charge in [-0.2, -0.15) is 4.31 Å². The lowest BCUT2D eigenvalue weighted by Gasteiger charge is -2.25. The third-order valence-electron chi connectivity index (χ3n) is 4.84. The molecule has 3 aromatic rings. The smallest absolute Gasteiger partial charge is 0.243 e. The fourth-order valence-corrected chi connectivity index (χ4v) is 5.00. The van der Waals surface area contributed by atoms with Crippen LogP contribution in [0.15, 0.2) is 77.8 Å². The molecule has 0 aliphatic heterocycles. The number of hydrogen-bond donors (Lipinski definition) is 1. The van der Waals surface area contributed by atoms with Crippen molar-refractivity contribution in [3.63, 3.8) is 0 Å². The fourth-order valence-electron chi connectivity index (χ4n) is 3.43. The van der Waals surface area contributed by atoms with Gasteiger partial charge in [-0.1, -0.05) is 44.2 Å². The molecule has 6 nitrogen and oxygen atoms in total. The summed E-state index contributed by atoms with van der Waals surface area (Å²) in [6.07, 6.45) is 1.98. The van der Waals surface area contributed by atoms with Crippen LogP contribution in [0.25, 0.3) is 0 Å². The third-order valence-corrected chi connectivity index (χ3v) is 6.66. The molecule has 2 aromatic carbocycles. The van der Waals surface area contributed by atoms with Crippen LogP contribution >= 0.6 is 0 Å². The Labute approximate surface area is 184 Å². The van der Waals surface area contributed by atoms with Crippen LogP contribution in [0.3, 0.4) is 0 Å². The molecule has 3 rings (SSSR count). The minimum Gasteiger partial charge on any atom is -0.346 e. The molecule has 0 atom stereocenters. The molecular weight excluding hydrogens is 410 g/mol. The van der Waals surface area contributed by atoms with E-state index in [4.69, 9.17) is 0 Å². The Morgan fingerprint density at radius 2 is 1.68 bits per heavy atom. The van der Waals surface area contributed by atoms with E-state index in [2.05, 4.69) is 22.0 Å². The van der Waals surface area contributed by atoms with Crippen molar-refractivity contribution in [3.8, 4) is 0 Å². The van der Waals surface area contributed by atoms with E-state index < -0.39 is 10.0 Å². The number of aromatic nitrogens is 1. The summed E-state index contributed by atoms with van der Waals surface area (Å²) < 4.78 is 30.5. The van der Waals surface area contributed by atoms with E-state index in [1.807, 2.05) is 50.4 Å². The second-order valence-electron chi connectivity index (χ2n) is 8.01. The van der Waals surface area contributed by atoms with Crippen LogP contribution in [-0.2, 0) is 27.9 Å². The van der Waals surface area contributed by atoms with Gasteiger partial charge >= 0.3 is 0 Å². The van der Waals surface area contributed by atoms with Crippen molar-refractivity contribution >= 4 is 21.6 Å². The van der Waals surface area contributed by atoms with Crippen molar-refractivity contribution in [1.29, 1.82) is 0 Å². The highest BCUT2D eigenvalue weighted by Crippen LogP contribution is 2.22. The predicted molar refractivity (Wildman–Crippen MR) is 123 cm³/mol. The van der Waals surface area contributed by atoms with Gasteiger partial charge in [0, 0.05) is 37.6 Å². The highest BCUT2D eigenvalue weighted by molar-refractivity contribution is 7.89. The summed E-state index contributed by atoms with van der Waals surface area (Å²) in [5, 5.41) is 2.66. The Hall–Kier alpha value is -2.90. The van der Waals surface area contributed by atoms with Gasteiger partial charge in [-0.15, -0.1) is 0 Å². The number of hydrogen-bond acceptors (Lipinski definition) is 3. The molecule has 1 aromatic heterocycles. The first-order chi connectivity index (χ1) is 14.8. The minimum absolute atomic E-state index is 0.172. The molecule has 0 spiro atoms. The van der Waals surface area contributed by atoms with Crippen LogP contribution < -0.4 is 5.32 Å². The Bertz CT molecular complexity index is 1100. The van der Waals surface area contributed by atoms with Crippen molar-refractivity contribution in [2.24, 2.45) is 5.92 Å². The van der Waals surface area contributed by atoms with Gasteiger partial charge in [0.15, 0.2) is 0 Å². The number of sulfonamides is 1. The lowest BCUT2D eigenvalue weighted by Crippen LogP contribution is -2.34. The maximum atomic E-state index is 13.4. The lowest BCUT2D eigenvalue weighted by molar-refractivity contribution is -0.114. The number of nitrogens with zero attached hydrogens (tertiary/aromatic N) is 2. The van der Waals surface area contributed by atoms with Crippen LogP contribution in [0.4, 0.5) is 5.69 Å². The van der Waals surface area contributed by atoms with Crippen molar-refractivity contribution in [1.82, 2.24) is 8.87 Å². The maximum absolute atomic E-state index is 13.4. The summed E-state index contributed by atoms with van der Waals surface area (Å²) in [4.78, 5) is 11.4. The Balaban J connectivity index is 1.85. The molecule has 0 fully saturated rings. The topological polar surface area (TPSA) is 71.4 Å². The Morgan fingerprint density at radius 3 is 2.29 bits per heavy atom. The summed E-state index contributed by atoms with van der Waals surface area (Å²) in [7, 11) is -3.70. The molecule has 0 saturated carbocycles. The normalized spacial score (nSPS) is 11.8. The van der Waals surface area contributed by atoms with Crippen LogP contribution in [0.2, 0.25) is 0 Å². The lowest BCUT2D eigenvalue weighted by atomic mass is 10.2. The number of amides is 1. The first-order valence-corrected chi connectivity index (χ1v) is 11.8. The number of rotatable bonds is 9. The summed E-state index contributed by atoms with van der Waals surface area (Å²) in [5.74, 6) is -0.0258. The second-order valence-corrected chi connectivity index (χ2v) is 9.95. The van der Waals surface area contributed by atoms with Crippen LogP contribution in [0, 0.1) is 5.92 Å². The summed E-state index contributed by atoms with van der Waals surface area (Å²) >= 11 is 0. The average Bonchev–Trinajstić information content (AvgIpc) is 3.14. The SMILES string of the molecule is CC(=O)Nc1ccc(S(=O)(=O)N(Cc2cccn2Cc2ccccc2)CC(C)C)cc1. The molecule has 0 aliphatic rings. The Morgan fingerprint density at radius 1 is 1.00 bits per heavy atom. The molecule has 0 radical (unpaired) electrons. The van der Waals surface area contributed by atoms with Gasteiger partial charge in [0.1, 0.15) is 0 Å². The molecule has 1 N–H and O–H groups in total. The van der Waals surface area contributed by atoms with Crippen molar-refractivity contribution in [2.45, 2.75) is 38.8 Å². The zero-order valence-corrected chi connectivity index (χ0v) is 19.0. The van der Waals surface area contributed by atoms with Gasteiger partial charge in [-0.05, 0) is 47.9 Å². The molecular formula is C24H29N3O3S. The van der Waals surface area contributed by atoms with Gasteiger partial charge in [0.2, 0.25) is 15.9 Å². The maximum Gasteiger partial charge on any atom is 0.243 e. The average molecular weight is 440 g/mol. The molecule has 7 heteroatoms. The van der Waals surface area contributed by atoms with Crippen molar-refractivity contribution in [2.75, 3.05) is 11.9 Å². The molecule has 0 saturated heterocycles. The Kier molecular flexibility index (Phi) is 7.30. The largest absolute Gasteiger partial charge is 0.346 e. The molecule has 0 aliphatic carbocycles. The third kappa shape index (κ3) is 6.06. The minimum atomic E-state index is -3.70. The molecule has 0 bridgehead atoms. The molecule has 164 valence electrons. The van der Waals surface area contributed by atoms with Gasteiger partial charge in [-0.3, -0.25) is 4.79 Å². The van der Waals surface area contributed by atoms with Gasteiger partial charge in [-0.25, -0.2) is 8.42 Å². The molecule has 1 heterocycles. The summed E-state index contributed by atoms with van der Waals surface area (Å²) in [5.41, 5.74) is 2.66. The van der Waals surface area contributed by atoms with Crippen LogP contribution in [-0.4, -0.2) is 29.7 Å². The molecule has 31 heavy (non-hydrogen) atoms. The summed E-state index contributed by atoms with van der Waals surface area (Å²) in [6.45, 7) is 6.81. The zero-order valence-electron chi connectivity index (χ0n) is 18.2. The first kappa shape index (κ1) is 22.8. The van der Waals surface area contributed by atoms with E-state index in [0.29, 0.717) is 18.8 Å². The van der Waals surface area contributed by atoms with Gasteiger partial charge in [0.05, 0.1) is 11.4 Å². The second kappa shape index (κ2) is 9.94. The zero-order chi connectivity index (χ0) is 22.4. The fraction of sp³-hybridized carbons (Fsp3) is 0.292. The first-order valence-electron chi connectivity index (χ1n) is 10.3. The quantitative estimate of drug-likeness (QED) is 0.539. The number of anilines is 1. The monoisotopic (exact) mass is 439 g/mol. The van der Waals surface area contributed by atoms with Gasteiger partial charge in [0.25, 0.3) is 0 Å². The summed E-state index contributed by atoms with van der Waals surface area (Å²) in [6, 6.07) is 20.3. The van der Waals surface area contributed by atoms with E-state index in [1.165, 1.54) is 23.4 Å². The van der Waals surface area contributed by atoms with Crippen LogP contribution in [0.1, 0.15) is 32.0 Å². The van der Waals surface area contributed by atoms with E-state index in [1.54, 1.807) is 12.1 Å². The highest BCUT2D eigenvalue weighted by Gasteiger charge is 2.26. The number of benzene rings is 2.